The number of halogens is 1. The summed E-state index contributed by atoms with van der Waals surface area (Å²) in [6, 6.07) is 0. The number of nitrogens with one attached hydrogen (secondary N) is 1. The molecule has 1 N–H and O–H groups in total. The fraction of sp³-hybridized carbons (Fsp3) is 0.286. The monoisotopic (exact) mass is 184 g/mol. The Morgan fingerprint density at radius 2 is 2.08 bits per heavy atom. The van der Waals surface area contributed by atoms with Crippen molar-refractivity contribution in [1.82, 2.24) is 20.2 Å². The van der Waals surface area contributed by atoms with Crippen molar-refractivity contribution in [3.05, 3.63) is 17.7 Å². The standard InChI is InChI=1S/C5H3ClN4.C2H6/c6-4-3-1-9-10-5(3)8-2-7-4;1-2/h1-2H,(H,7,8,9,10);1-2H3. The largest absolute Gasteiger partial charge is 0.261 e. The maximum absolute atomic E-state index is 5.69. The van der Waals surface area contributed by atoms with Crippen molar-refractivity contribution in [1.29, 1.82) is 0 Å². The molecule has 0 atom stereocenters. The molecule has 0 radical (unpaired) electrons. The van der Waals surface area contributed by atoms with E-state index in [1.165, 1.54) is 6.33 Å². The van der Waals surface area contributed by atoms with Gasteiger partial charge in [0, 0.05) is 0 Å². The Hall–Kier alpha value is -1.16. The summed E-state index contributed by atoms with van der Waals surface area (Å²) in [6.45, 7) is 4.00. The van der Waals surface area contributed by atoms with Crippen molar-refractivity contribution in [2.75, 3.05) is 0 Å². The van der Waals surface area contributed by atoms with E-state index in [4.69, 9.17) is 11.6 Å². The molecule has 2 heterocycles. The van der Waals surface area contributed by atoms with Crippen LogP contribution in [0.15, 0.2) is 12.5 Å². The molecule has 2 aromatic heterocycles. The van der Waals surface area contributed by atoms with E-state index < -0.39 is 0 Å². The van der Waals surface area contributed by atoms with Crippen molar-refractivity contribution in [3.8, 4) is 0 Å². The van der Waals surface area contributed by atoms with Crippen molar-refractivity contribution < 1.29 is 0 Å². The smallest absolute Gasteiger partial charge is 0.160 e. The summed E-state index contributed by atoms with van der Waals surface area (Å²) < 4.78 is 0. The first-order valence-electron chi connectivity index (χ1n) is 3.67. The van der Waals surface area contributed by atoms with Crippen LogP contribution >= 0.6 is 11.6 Å². The number of aromatic nitrogens is 4. The number of fused-ring (bicyclic) bond motifs is 1. The van der Waals surface area contributed by atoms with E-state index in [0.29, 0.717) is 10.8 Å². The SMILES string of the molecule is CC.Clc1ncnc2[nH]ncc12. The highest BCUT2D eigenvalue weighted by Gasteiger charge is 1.99. The number of hydrogen-bond acceptors (Lipinski definition) is 3. The summed E-state index contributed by atoms with van der Waals surface area (Å²) in [5.41, 5.74) is 0.667. The van der Waals surface area contributed by atoms with E-state index in [1.54, 1.807) is 6.20 Å². The average Bonchev–Trinajstić information content (AvgIpc) is 2.57. The first-order chi connectivity index (χ1) is 5.88. The lowest BCUT2D eigenvalue weighted by molar-refractivity contribution is 1.09. The zero-order valence-electron chi connectivity index (χ0n) is 6.87. The molecule has 0 fully saturated rings. The Kier molecular flexibility index (Phi) is 2.99. The first-order valence-corrected chi connectivity index (χ1v) is 4.05. The van der Waals surface area contributed by atoms with Gasteiger partial charge in [0.05, 0.1) is 11.6 Å². The molecule has 0 bridgehead atoms. The predicted molar refractivity (Wildman–Crippen MR) is 48.0 cm³/mol. The molecular weight excluding hydrogens is 176 g/mol. The number of rotatable bonds is 0. The molecule has 0 aliphatic carbocycles. The minimum Gasteiger partial charge on any atom is -0.261 e. The van der Waals surface area contributed by atoms with E-state index in [0.717, 1.165) is 5.39 Å². The molecule has 0 amide bonds. The quantitative estimate of drug-likeness (QED) is 0.638. The van der Waals surface area contributed by atoms with Crippen molar-refractivity contribution in [2.45, 2.75) is 13.8 Å². The Bertz CT molecular complexity index is 357. The van der Waals surface area contributed by atoms with Crippen LogP contribution in [-0.4, -0.2) is 20.2 Å². The predicted octanol–water partition coefficient (Wildman–Crippen LogP) is 2.03. The van der Waals surface area contributed by atoms with Gasteiger partial charge in [0.2, 0.25) is 0 Å². The number of nitrogens with zero attached hydrogens (tertiary/aromatic N) is 3. The van der Waals surface area contributed by atoms with Gasteiger partial charge in [0.1, 0.15) is 11.5 Å². The van der Waals surface area contributed by atoms with Gasteiger partial charge in [-0.25, -0.2) is 9.97 Å². The summed E-state index contributed by atoms with van der Waals surface area (Å²) in [6.07, 6.45) is 2.99. The molecule has 0 aliphatic rings. The van der Waals surface area contributed by atoms with Crippen LogP contribution in [0.5, 0.6) is 0 Å². The normalized spacial score (nSPS) is 9.25. The van der Waals surface area contributed by atoms with Gasteiger partial charge in [-0.2, -0.15) is 5.10 Å². The van der Waals surface area contributed by atoms with Crippen LogP contribution < -0.4 is 0 Å². The van der Waals surface area contributed by atoms with E-state index in [2.05, 4.69) is 20.2 Å². The summed E-state index contributed by atoms with van der Waals surface area (Å²) in [7, 11) is 0. The molecule has 0 saturated heterocycles. The molecule has 4 nitrogen and oxygen atoms in total. The third kappa shape index (κ3) is 1.53. The number of H-pyrrole nitrogens is 1. The lowest BCUT2D eigenvalue weighted by atomic mass is 10.4. The summed E-state index contributed by atoms with van der Waals surface area (Å²) in [5, 5.41) is 7.61. The molecule has 5 heteroatoms. The maximum Gasteiger partial charge on any atom is 0.160 e. The Balaban J connectivity index is 0.000000336. The van der Waals surface area contributed by atoms with Gasteiger partial charge in [0.25, 0.3) is 0 Å². The van der Waals surface area contributed by atoms with Gasteiger partial charge in [0.15, 0.2) is 5.65 Å². The van der Waals surface area contributed by atoms with Gasteiger partial charge in [-0.05, 0) is 0 Å². The van der Waals surface area contributed by atoms with E-state index in [-0.39, 0.29) is 0 Å². The topological polar surface area (TPSA) is 54.5 Å². The molecule has 12 heavy (non-hydrogen) atoms. The minimum atomic E-state index is 0.429. The van der Waals surface area contributed by atoms with Crippen LogP contribution in [0.2, 0.25) is 5.15 Å². The molecule has 0 saturated carbocycles. The fourth-order valence-electron chi connectivity index (χ4n) is 0.736. The number of aromatic amines is 1. The Morgan fingerprint density at radius 3 is 2.75 bits per heavy atom. The first kappa shape index (κ1) is 8.93. The van der Waals surface area contributed by atoms with Gasteiger partial charge >= 0.3 is 0 Å². The van der Waals surface area contributed by atoms with Crippen molar-refractivity contribution in [2.24, 2.45) is 0 Å². The van der Waals surface area contributed by atoms with Crippen molar-refractivity contribution in [3.63, 3.8) is 0 Å². The second-order valence-electron chi connectivity index (χ2n) is 1.80. The summed E-state index contributed by atoms with van der Waals surface area (Å²) in [5.74, 6) is 0. The zero-order chi connectivity index (χ0) is 8.97. The van der Waals surface area contributed by atoms with Gasteiger partial charge in [-0.3, -0.25) is 5.10 Å². The summed E-state index contributed by atoms with van der Waals surface area (Å²) >= 11 is 5.69. The molecule has 0 unspecified atom stereocenters. The van der Waals surface area contributed by atoms with Crippen LogP contribution in [0.25, 0.3) is 11.0 Å². The maximum atomic E-state index is 5.69. The second kappa shape index (κ2) is 4.01. The molecule has 2 aromatic rings. The van der Waals surface area contributed by atoms with Gasteiger partial charge in [-0.1, -0.05) is 25.4 Å². The molecule has 64 valence electrons. The third-order valence-corrected chi connectivity index (χ3v) is 1.50. The lowest BCUT2D eigenvalue weighted by Gasteiger charge is -1.86. The molecule has 0 spiro atoms. The molecule has 0 aliphatic heterocycles. The minimum absolute atomic E-state index is 0.429. The van der Waals surface area contributed by atoms with E-state index in [1.807, 2.05) is 13.8 Å². The van der Waals surface area contributed by atoms with E-state index in [9.17, 15) is 0 Å². The lowest BCUT2D eigenvalue weighted by Crippen LogP contribution is -1.79. The molecule has 0 aromatic carbocycles. The fourth-order valence-corrected chi connectivity index (χ4v) is 0.917. The van der Waals surface area contributed by atoms with Crippen LogP contribution in [0.3, 0.4) is 0 Å². The summed E-state index contributed by atoms with van der Waals surface area (Å²) in [4.78, 5) is 7.66. The highest BCUT2D eigenvalue weighted by Crippen LogP contribution is 2.14. The van der Waals surface area contributed by atoms with Crippen molar-refractivity contribution >= 4 is 22.6 Å². The third-order valence-electron chi connectivity index (χ3n) is 1.20. The zero-order valence-corrected chi connectivity index (χ0v) is 7.63. The average molecular weight is 185 g/mol. The van der Waals surface area contributed by atoms with Gasteiger partial charge in [-0.15, -0.1) is 0 Å². The molecule has 2 rings (SSSR count). The molecular formula is C7H9ClN4. The Labute approximate surface area is 75.0 Å². The Morgan fingerprint density at radius 1 is 1.33 bits per heavy atom. The van der Waals surface area contributed by atoms with Gasteiger partial charge < -0.3 is 0 Å². The highest BCUT2D eigenvalue weighted by molar-refractivity contribution is 6.33. The van der Waals surface area contributed by atoms with Crippen LogP contribution in [-0.2, 0) is 0 Å². The second-order valence-corrected chi connectivity index (χ2v) is 2.15. The van der Waals surface area contributed by atoms with Crippen LogP contribution in [0, 0.1) is 0 Å². The van der Waals surface area contributed by atoms with Crippen LogP contribution in [0.1, 0.15) is 13.8 Å². The van der Waals surface area contributed by atoms with E-state index >= 15 is 0 Å². The highest BCUT2D eigenvalue weighted by atomic mass is 35.5. The number of hydrogen-bond donors (Lipinski definition) is 1. The van der Waals surface area contributed by atoms with Crippen LogP contribution in [0.4, 0.5) is 0 Å².